The summed E-state index contributed by atoms with van der Waals surface area (Å²) in [7, 11) is 1.29. The van der Waals surface area contributed by atoms with Gasteiger partial charge in [-0.15, -0.1) is 0 Å². The number of ketones is 1. The molecule has 39 heavy (non-hydrogen) atoms. The molecule has 1 saturated heterocycles. The highest BCUT2D eigenvalue weighted by Crippen LogP contribution is 2.64. The quantitative estimate of drug-likeness (QED) is 0.331. The molecule has 0 unspecified atom stereocenters. The second-order valence-corrected chi connectivity index (χ2v) is 11.2. The molecule has 2 aliphatic carbocycles. The first-order chi connectivity index (χ1) is 18.7. The Labute approximate surface area is 224 Å². The Bertz CT molecular complexity index is 1510. The average Bonchev–Trinajstić information content (AvgIpc) is 3.61. The topological polar surface area (TPSA) is 122 Å². The van der Waals surface area contributed by atoms with Gasteiger partial charge in [0.1, 0.15) is 11.7 Å². The lowest BCUT2D eigenvalue weighted by Gasteiger charge is -2.59. The van der Waals surface area contributed by atoms with E-state index in [4.69, 9.17) is 23.0 Å². The van der Waals surface area contributed by atoms with Crippen LogP contribution in [-0.4, -0.2) is 30.8 Å². The van der Waals surface area contributed by atoms with Crippen molar-refractivity contribution in [3.63, 3.8) is 0 Å². The van der Waals surface area contributed by atoms with Crippen LogP contribution in [-0.2, 0) is 28.6 Å². The molecule has 9 heteroatoms. The second kappa shape index (κ2) is 8.97. The number of carbonyl (C=O) groups is 4. The zero-order valence-corrected chi connectivity index (χ0v) is 21.8. The lowest BCUT2D eigenvalue weighted by atomic mass is 9.44. The van der Waals surface area contributed by atoms with Gasteiger partial charge in [-0.1, -0.05) is 13.8 Å². The summed E-state index contributed by atoms with van der Waals surface area (Å²) in [6.45, 7) is 3.78. The summed E-state index contributed by atoms with van der Waals surface area (Å²) >= 11 is 0. The third-order valence-corrected chi connectivity index (χ3v) is 9.05. The summed E-state index contributed by atoms with van der Waals surface area (Å²) in [5.74, 6) is -4.50. The van der Waals surface area contributed by atoms with E-state index in [1.807, 2.05) is 13.8 Å². The maximum atomic E-state index is 14.2. The monoisotopic (exact) mass is 532 g/mol. The first-order valence-corrected chi connectivity index (χ1v) is 12.9. The summed E-state index contributed by atoms with van der Waals surface area (Å²) in [5, 5.41) is 0.710. The fraction of sp³-hybridized carbons (Fsp3) is 0.400. The molecule has 202 valence electrons. The van der Waals surface area contributed by atoms with Crippen LogP contribution >= 0.6 is 0 Å². The molecule has 1 aliphatic heterocycles. The molecule has 0 bridgehead atoms. The number of allylic oxidation sites excluding steroid dienone is 1. The molecule has 1 aromatic carbocycles. The number of fused-ring (bicyclic) bond motifs is 4. The van der Waals surface area contributed by atoms with Crippen LogP contribution in [0.3, 0.4) is 0 Å². The van der Waals surface area contributed by atoms with Crippen LogP contribution in [0.1, 0.15) is 55.1 Å². The zero-order valence-electron chi connectivity index (χ0n) is 21.8. The summed E-state index contributed by atoms with van der Waals surface area (Å²) in [6.07, 6.45) is 6.57. The Balaban J connectivity index is 1.40. The van der Waals surface area contributed by atoms with E-state index in [-0.39, 0.29) is 17.3 Å². The van der Waals surface area contributed by atoms with Gasteiger partial charge < -0.3 is 23.0 Å². The Kier molecular flexibility index (Phi) is 5.78. The van der Waals surface area contributed by atoms with Crippen LogP contribution in [0.25, 0.3) is 11.0 Å². The number of rotatable bonds is 4. The van der Waals surface area contributed by atoms with E-state index in [0.29, 0.717) is 35.8 Å². The average molecular weight is 533 g/mol. The first kappa shape index (κ1) is 25.2. The fourth-order valence-corrected chi connectivity index (χ4v) is 7.14. The third kappa shape index (κ3) is 3.82. The number of hydrogen-bond acceptors (Lipinski definition) is 9. The Hall–Kier alpha value is -4.14. The van der Waals surface area contributed by atoms with Crippen LogP contribution in [0.2, 0.25) is 0 Å². The molecule has 3 aliphatic rings. The van der Waals surface area contributed by atoms with Gasteiger partial charge in [-0.3, -0.25) is 14.4 Å². The number of esters is 3. The minimum atomic E-state index is -0.880. The molecule has 0 amide bonds. The van der Waals surface area contributed by atoms with Crippen molar-refractivity contribution in [3.05, 3.63) is 72.1 Å². The van der Waals surface area contributed by atoms with Crippen molar-refractivity contribution in [2.45, 2.75) is 39.2 Å². The summed E-state index contributed by atoms with van der Waals surface area (Å²) in [4.78, 5) is 53.8. The number of furan rings is 2. The second-order valence-electron chi connectivity index (χ2n) is 11.2. The van der Waals surface area contributed by atoms with E-state index in [1.165, 1.54) is 32.0 Å². The Morgan fingerprint density at radius 2 is 1.87 bits per heavy atom. The molecule has 1 saturated carbocycles. The largest absolute Gasteiger partial charge is 0.472 e. The zero-order chi connectivity index (χ0) is 27.5. The van der Waals surface area contributed by atoms with E-state index < -0.39 is 52.4 Å². The lowest BCUT2D eigenvalue weighted by Crippen LogP contribution is -2.61. The number of hydrogen-bond donors (Lipinski definition) is 0. The lowest BCUT2D eigenvalue weighted by molar-refractivity contribution is -0.197. The third-order valence-electron chi connectivity index (χ3n) is 9.05. The minimum absolute atomic E-state index is 0.217. The number of methoxy groups -OCH3 is 1. The molecule has 2 fully saturated rings. The highest BCUT2D eigenvalue weighted by Gasteiger charge is 2.66. The fourth-order valence-electron chi connectivity index (χ4n) is 7.14. The van der Waals surface area contributed by atoms with Crippen molar-refractivity contribution in [3.8, 4) is 0 Å². The number of ether oxygens (including phenoxy) is 3. The summed E-state index contributed by atoms with van der Waals surface area (Å²) < 4.78 is 27.2. The van der Waals surface area contributed by atoms with Crippen molar-refractivity contribution in [2.24, 2.45) is 28.6 Å². The molecule has 2 aromatic heterocycles. The first-order valence-electron chi connectivity index (χ1n) is 12.9. The maximum absolute atomic E-state index is 14.2. The van der Waals surface area contributed by atoms with Gasteiger partial charge in [0.05, 0.1) is 43.3 Å². The van der Waals surface area contributed by atoms with Crippen LogP contribution in [0.5, 0.6) is 0 Å². The highest BCUT2D eigenvalue weighted by molar-refractivity contribution is 6.04. The number of carbonyl (C=O) groups excluding carboxylic acids is 4. The molecular formula is C30H28O9. The number of benzene rings is 1. The molecule has 9 nitrogen and oxygen atoms in total. The molecule has 6 atom stereocenters. The van der Waals surface area contributed by atoms with E-state index in [9.17, 15) is 19.2 Å². The van der Waals surface area contributed by atoms with E-state index in [1.54, 1.807) is 30.3 Å². The van der Waals surface area contributed by atoms with E-state index in [0.717, 1.165) is 0 Å². The molecule has 6 rings (SSSR count). The van der Waals surface area contributed by atoms with Crippen molar-refractivity contribution in [1.29, 1.82) is 0 Å². The van der Waals surface area contributed by atoms with Gasteiger partial charge in [0.25, 0.3) is 0 Å². The SMILES string of the molecule is COC(=O)[C@@H]1C=C(OC(=O)c2ccc3occc3c2)C(=O)[C@H]2[C@@]1(C)CC[C@H]1C(=O)O[C@H](c3ccoc3)C[C@]21C. The van der Waals surface area contributed by atoms with Crippen molar-refractivity contribution in [2.75, 3.05) is 7.11 Å². The van der Waals surface area contributed by atoms with Crippen molar-refractivity contribution >= 4 is 34.7 Å². The van der Waals surface area contributed by atoms with E-state index >= 15 is 0 Å². The summed E-state index contributed by atoms with van der Waals surface area (Å²) in [6, 6.07) is 8.26. The Morgan fingerprint density at radius 1 is 1.05 bits per heavy atom. The molecule has 0 radical (unpaired) electrons. The molecular weight excluding hydrogens is 504 g/mol. The molecule has 3 heterocycles. The van der Waals surface area contributed by atoms with Gasteiger partial charge in [0.15, 0.2) is 5.76 Å². The Morgan fingerprint density at radius 3 is 2.62 bits per heavy atom. The number of cyclic esters (lactones) is 1. The van der Waals surface area contributed by atoms with Crippen molar-refractivity contribution < 1.29 is 42.2 Å². The number of Topliss-reactive ketones (excluding diaryl/α,β-unsaturated/α-hetero) is 1. The molecule has 0 N–H and O–H groups in total. The van der Waals surface area contributed by atoms with Gasteiger partial charge in [-0.2, -0.15) is 0 Å². The summed E-state index contributed by atoms with van der Waals surface area (Å²) in [5.41, 5.74) is -0.206. The van der Waals surface area contributed by atoms with Crippen LogP contribution in [0.15, 0.2) is 69.8 Å². The van der Waals surface area contributed by atoms with E-state index in [2.05, 4.69) is 0 Å². The predicted molar refractivity (Wildman–Crippen MR) is 135 cm³/mol. The smallest absolute Gasteiger partial charge is 0.343 e. The van der Waals surface area contributed by atoms with Gasteiger partial charge in [-0.05, 0) is 66.5 Å². The normalized spacial score (nSPS) is 32.0. The molecule has 0 spiro atoms. The predicted octanol–water partition coefficient (Wildman–Crippen LogP) is 5.17. The van der Waals surface area contributed by atoms with Crippen LogP contribution in [0.4, 0.5) is 0 Å². The van der Waals surface area contributed by atoms with Gasteiger partial charge >= 0.3 is 17.9 Å². The van der Waals surface area contributed by atoms with Crippen molar-refractivity contribution in [1.82, 2.24) is 0 Å². The van der Waals surface area contributed by atoms with Gasteiger partial charge in [0, 0.05) is 16.9 Å². The maximum Gasteiger partial charge on any atom is 0.343 e. The van der Waals surface area contributed by atoms with Gasteiger partial charge in [0.2, 0.25) is 5.78 Å². The van der Waals surface area contributed by atoms with Crippen LogP contribution < -0.4 is 0 Å². The highest BCUT2D eigenvalue weighted by atomic mass is 16.6. The standard InChI is InChI=1S/C30H28O9/c1-29-9-6-19-28(34)39-23(18-7-10-36-15-18)14-30(19,2)25(29)24(31)22(13-20(29)27(33)35-3)38-26(32)17-4-5-21-16(12-17)8-11-37-21/h4-5,7-8,10-13,15,19-20,23,25H,6,9,14H2,1-3H3/t19-,20-,23-,25-,29-,30-/m0/s1. The van der Waals surface area contributed by atoms with Crippen LogP contribution in [0, 0.1) is 28.6 Å². The minimum Gasteiger partial charge on any atom is -0.472 e. The van der Waals surface area contributed by atoms with Gasteiger partial charge in [-0.25, -0.2) is 4.79 Å². The molecule has 3 aromatic rings.